The average molecular weight is 199 g/mol. The summed E-state index contributed by atoms with van der Waals surface area (Å²) in [6.45, 7) is 1.79. The second-order valence-electron chi connectivity index (χ2n) is 4.65. The number of hydrogen-bond acceptors (Lipinski definition) is 3. The zero-order valence-corrected chi connectivity index (χ0v) is 9.87. The van der Waals surface area contributed by atoms with Crippen molar-refractivity contribution in [3.63, 3.8) is 0 Å². The molecule has 0 saturated heterocycles. The fraction of sp³-hybridized carbons (Fsp3) is 1.00. The first-order valence-electron chi connectivity index (χ1n) is 5.73. The quantitative estimate of drug-likeness (QED) is 0.725. The van der Waals surface area contributed by atoms with Crippen LogP contribution in [0.1, 0.15) is 25.7 Å². The Balaban J connectivity index is 2.53. The van der Waals surface area contributed by atoms with Crippen molar-refractivity contribution in [3.05, 3.63) is 0 Å². The molecule has 1 aliphatic carbocycles. The molecule has 1 rings (SSSR count). The summed E-state index contributed by atoms with van der Waals surface area (Å²) in [5.41, 5.74) is 5.60. The third-order valence-electron chi connectivity index (χ3n) is 3.41. The molecule has 14 heavy (non-hydrogen) atoms. The van der Waals surface area contributed by atoms with E-state index in [9.17, 15) is 0 Å². The van der Waals surface area contributed by atoms with Crippen LogP contribution < -0.4 is 5.73 Å². The number of nitrogens with zero attached hydrogens (tertiary/aromatic N) is 2. The summed E-state index contributed by atoms with van der Waals surface area (Å²) in [7, 11) is 6.60. The maximum Gasteiger partial charge on any atom is 0.0248 e. The lowest BCUT2D eigenvalue weighted by atomic mass is 9.88. The van der Waals surface area contributed by atoms with Gasteiger partial charge in [-0.15, -0.1) is 0 Å². The summed E-state index contributed by atoms with van der Waals surface area (Å²) in [5, 5.41) is 0. The van der Waals surface area contributed by atoms with Crippen molar-refractivity contribution in [3.8, 4) is 0 Å². The Morgan fingerprint density at radius 1 is 1.07 bits per heavy atom. The lowest BCUT2D eigenvalue weighted by molar-refractivity contribution is 0.0945. The molecule has 0 spiro atoms. The van der Waals surface area contributed by atoms with Crippen molar-refractivity contribution in [2.75, 3.05) is 34.2 Å². The first-order chi connectivity index (χ1) is 6.66. The van der Waals surface area contributed by atoms with E-state index in [0.717, 1.165) is 19.1 Å². The second-order valence-corrected chi connectivity index (χ2v) is 4.65. The van der Waals surface area contributed by atoms with Crippen molar-refractivity contribution in [1.82, 2.24) is 9.80 Å². The highest BCUT2D eigenvalue weighted by molar-refractivity contribution is 4.86. The summed E-state index contributed by atoms with van der Waals surface area (Å²) < 4.78 is 0. The minimum absolute atomic E-state index is 0.710. The van der Waals surface area contributed by atoms with Gasteiger partial charge in [-0.05, 0) is 34.0 Å². The molecule has 1 aliphatic rings. The van der Waals surface area contributed by atoms with Crippen LogP contribution in [0.5, 0.6) is 0 Å². The molecule has 0 amide bonds. The summed E-state index contributed by atoms with van der Waals surface area (Å²) in [4.78, 5) is 4.81. The van der Waals surface area contributed by atoms with Gasteiger partial charge in [0.1, 0.15) is 0 Å². The SMILES string of the molecule is CN(C)[C@@H]1CCCC[C@H]1N(C)CCN. The summed E-state index contributed by atoms with van der Waals surface area (Å²) in [5.74, 6) is 0. The van der Waals surface area contributed by atoms with Gasteiger partial charge in [-0.3, -0.25) is 0 Å². The lowest BCUT2D eigenvalue weighted by Crippen LogP contribution is -2.50. The monoisotopic (exact) mass is 199 g/mol. The van der Waals surface area contributed by atoms with E-state index in [4.69, 9.17) is 5.73 Å². The zero-order valence-electron chi connectivity index (χ0n) is 9.87. The topological polar surface area (TPSA) is 32.5 Å². The fourth-order valence-corrected chi connectivity index (χ4v) is 2.58. The molecule has 0 bridgehead atoms. The van der Waals surface area contributed by atoms with Gasteiger partial charge in [0, 0.05) is 25.2 Å². The van der Waals surface area contributed by atoms with Crippen LogP contribution in [-0.4, -0.2) is 56.1 Å². The van der Waals surface area contributed by atoms with E-state index in [1.54, 1.807) is 0 Å². The van der Waals surface area contributed by atoms with Crippen LogP contribution in [0.15, 0.2) is 0 Å². The van der Waals surface area contributed by atoms with E-state index in [-0.39, 0.29) is 0 Å². The molecular weight excluding hydrogens is 174 g/mol. The van der Waals surface area contributed by atoms with E-state index in [2.05, 4.69) is 30.9 Å². The molecule has 3 nitrogen and oxygen atoms in total. The fourth-order valence-electron chi connectivity index (χ4n) is 2.58. The van der Waals surface area contributed by atoms with Gasteiger partial charge in [-0.1, -0.05) is 12.8 Å². The van der Waals surface area contributed by atoms with Gasteiger partial charge in [-0.25, -0.2) is 0 Å². The molecule has 0 aromatic carbocycles. The second kappa shape index (κ2) is 5.69. The van der Waals surface area contributed by atoms with Crippen LogP contribution >= 0.6 is 0 Å². The first-order valence-corrected chi connectivity index (χ1v) is 5.73. The van der Waals surface area contributed by atoms with Crippen LogP contribution in [-0.2, 0) is 0 Å². The molecule has 0 radical (unpaired) electrons. The Kier molecular flexibility index (Phi) is 4.85. The highest BCUT2D eigenvalue weighted by Crippen LogP contribution is 2.24. The van der Waals surface area contributed by atoms with Crippen LogP contribution in [0.2, 0.25) is 0 Å². The molecule has 0 unspecified atom stereocenters. The third-order valence-corrected chi connectivity index (χ3v) is 3.41. The normalized spacial score (nSPS) is 28.7. The summed E-state index contributed by atoms with van der Waals surface area (Å²) in [6.07, 6.45) is 5.44. The molecule has 2 atom stereocenters. The predicted octanol–water partition coefficient (Wildman–Crippen LogP) is 0.750. The summed E-state index contributed by atoms with van der Waals surface area (Å²) >= 11 is 0. The molecule has 1 saturated carbocycles. The molecular formula is C11H25N3. The number of hydrogen-bond donors (Lipinski definition) is 1. The van der Waals surface area contributed by atoms with E-state index < -0.39 is 0 Å². The van der Waals surface area contributed by atoms with Gasteiger partial charge in [0.2, 0.25) is 0 Å². The Morgan fingerprint density at radius 2 is 1.64 bits per heavy atom. The van der Waals surface area contributed by atoms with Crippen LogP contribution in [0.25, 0.3) is 0 Å². The van der Waals surface area contributed by atoms with Gasteiger partial charge >= 0.3 is 0 Å². The Labute approximate surface area is 88.2 Å². The van der Waals surface area contributed by atoms with Crippen molar-refractivity contribution in [2.24, 2.45) is 5.73 Å². The number of nitrogens with two attached hydrogens (primary N) is 1. The van der Waals surface area contributed by atoms with Crippen LogP contribution in [0.3, 0.4) is 0 Å². The minimum Gasteiger partial charge on any atom is -0.329 e. The predicted molar refractivity (Wildman–Crippen MR) is 61.4 cm³/mol. The van der Waals surface area contributed by atoms with E-state index >= 15 is 0 Å². The largest absolute Gasteiger partial charge is 0.329 e. The lowest BCUT2D eigenvalue weighted by Gasteiger charge is -2.41. The van der Waals surface area contributed by atoms with Crippen molar-refractivity contribution in [1.29, 1.82) is 0 Å². The van der Waals surface area contributed by atoms with Crippen LogP contribution in [0.4, 0.5) is 0 Å². The maximum absolute atomic E-state index is 5.60. The number of likely N-dealkylation sites (N-methyl/N-ethyl adjacent to an activating group) is 2. The van der Waals surface area contributed by atoms with E-state index in [1.807, 2.05) is 0 Å². The minimum atomic E-state index is 0.710. The van der Waals surface area contributed by atoms with Crippen LogP contribution in [0, 0.1) is 0 Å². The molecule has 0 heterocycles. The van der Waals surface area contributed by atoms with Gasteiger partial charge in [0.05, 0.1) is 0 Å². The Bertz CT molecular complexity index is 159. The molecule has 2 N–H and O–H groups in total. The number of rotatable bonds is 4. The highest BCUT2D eigenvalue weighted by atomic mass is 15.2. The van der Waals surface area contributed by atoms with Crippen molar-refractivity contribution >= 4 is 0 Å². The van der Waals surface area contributed by atoms with Crippen molar-refractivity contribution in [2.45, 2.75) is 37.8 Å². The Hall–Kier alpha value is -0.120. The smallest absolute Gasteiger partial charge is 0.0248 e. The molecule has 1 fully saturated rings. The van der Waals surface area contributed by atoms with Gasteiger partial charge in [-0.2, -0.15) is 0 Å². The standard InChI is InChI=1S/C11H25N3/c1-13(2)10-6-4-5-7-11(10)14(3)9-8-12/h10-11H,4-9,12H2,1-3H3/t10-,11-/m1/s1. The van der Waals surface area contributed by atoms with Gasteiger partial charge in [0.25, 0.3) is 0 Å². The van der Waals surface area contributed by atoms with E-state index in [1.165, 1.54) is 25.7 Å². The molecule has 0 aromatic heterocycles. The van der Waals surface area contributed by atoms with Gasteiger partial charge < -0.3 is 15.5 Å². The molecule has 84 valence electrons. The molecule has 3 heteroatoms. The first kappa shape index (κ1) is 12.0. The Morgan fingerprint density at radius 3 is 2.14 bits per heavy atom. The van der Waals surface area contributed by atoms with Gasteiger partial charge in [0.15, 0.2) is 0 Å². The maximum atomic E-state index is 5.60. The van der Waals surface area contributed by atoms with Crippen molar-refractivity contribution < 1.29 is 0 Å². The highest BCUT2D eigenvalue weighted by Gasteiger charge is 2.28. The average Bonchev–Trinajstić information content (AvgIpc) is 2.18. The molecule has 0 aromatic rings. The van der Waals surface area contributed by atoms with E-state index in [0.29, 0.717) is 6.04 Å². The zero-order chi connectivity index (χ0) is 10.6. The third kappa shape index (κ3) is 2.94. The molecule has 0 aliphatic heterocycles. The summed E-state index contributed by atoms with van der Waals surface area (Å²) in [6, 6.07) is 1.43.